The van der Waals surface area contributed by atoms with Crippen molar-refractivity contribution in [3.8, 4) is 0 Å². The largest absolute Gasteiger partial charge is 0.478 e. The van der Waals surface area contributed by atoms with Gasteiger partial charge in [0.25, 0.3) is 0 Å². The van der Waals surface area contributed by atoms with E-state index in [0.717, 1.165) is 6.21 Å². The zero-order valence-corrected chi connectivity index (χ0v) is 16.9. The SMILES string of the molecule is CC(N)=O.CCOC(=O)/C(C=N)=C(/N/C=C/C(C)(C)C(N)=O)OCC(C)C. The van der Waals surface area contributed by atoms with E-state index in [1.807, 2.05) is 13.8 Å². The molecule has 0 aromatic rings. The van der Waals surface area contributed by atoms with Gasteiger partial charge in [-0.25, -0.2) is 4.79 Å². The van der Waals surface area contributed by atoms with Crippen molar-refractivity contribution in [2.45, 2.75) is 41.5 Å². The first-order valence-electron chi connectivity index (χ1n) is 8.43. The standard InChI is InChI=1S/C16H27N3O4.C2H5NO/c1-6-22-14(20)12(9-17)13(23-10-11(2)3)19-8-7-16(4,5)15(18)21;1-2(3)4/h7-9,11,17,19H,6,10H2,1-5H3,(H2,18,21);1H3,(H2,3,4)/b8-7+,13-12-,17-9?;. The fourth-order valence-corrected chi connectivity index (χ4v) is 1.28. The fourth-order valence-electron chi connectivity index (χ4n) is 1.28. The zero-order chi connectivity index (χ0) is 21.6. The molecule has 9 nitrogen and oxygen atoms in total. The quantitative estimate of drug-likeness (QED) is 0.192. The van der Waals surface area contributed by atoms with Crippen molar-refractivity contribution in [1.29, 1.82) is 5.41 Å². The number of hydrogen-bond acceptors (Lipinski definition) is 7. The number of nitrogens with one attached hydrogen (secondary N) is 2. The number of carbonyl (C=O) groups is 3. The minimum Gasteiger partial charge on any atom is -0.478 e. The van der Waals surface area contributed by atoms with Crippen LogP contribution in [-0.4, -0.2) is 37.2 Å². The number of nitrogens with two attached hydrogens (primary N) is 2. The molecule has 0 rings (SSSR count). The van der Waals surface area contributed by atoms with Gasteiger partial charge in [0.15, 0.2) is 0 Å². The Kier molecular flexibility index (Phi) is 13.1. The van der Waals surface area contributed by atoms with Crippen LogP contribution in [0.25, 0.3) is 0 Å². The lowest BCUT2D eigenvalue weighted by molar-refractivity contribution is -0.138. The number of ether oxygens (including phenoxy) is 2. The Balaban J connectivity index is 0. The second-order valence-electron chi connectivity index (χ2n) is 6.49. The van der Waals surface area contributed by atoms with E-state index in [1.54, 1.807) is 26.8 Å². The van der Waals surface area contributed by atoms with E-state index in [1.165, 1.54) is 13.1 Å². The molecule has 0 unspecified atom stereocenters. The normalized spacial score (nSPS) is 11.8. The summed E-state index contributed by atoms with van der Waals surface area (Å²) < 4.78 is 10.5. The second kappa shape index (κ2) is 13.4. The third-order valence-corrected chi connectivity index (χ3v) is 2.79. The molecule has 0 aliphatic rings. The third-order valence-electron chi connectivity index (χ3n) is 2.79. The number of carbonyl (C=O) groups excluding carboxylic acids is 3. The van der Waals surface area contributed by atoms with Crippen molar-refractivity contribution >= 4 is 24.0 Å². The number of primary amides is 2. The Labute approximate surface area is 160 Å². The lowest BCUT2D eigenvalue weighted by atomic mass is 9.93. The third kappa shape index (κ3) is 13.1. The average Bonchev–Trinajstić information content (AvgIpc) is 2.52. The molecule has 0 bridgehead atoms. The van der Waals surface area contributed by atoms with E-state index in [9.17, 15) is 14.4 Å². The van der Waals surface area contributed by atoms with Crippen molar-refractivity contribution in [2.75, 3.05) is 13.2 Å². The summed E-state index contributed by atoms with van der Waals surface area (Å²) in [5.41, 5.74) is 8.87. The molecular weight excluding hydrogens is 352 g/mol. The Hall–Kier alpha value is -2.84. The lowest BCUT2D eigenvalue weighted by Crippen LogP contribution is -2.30. The van der Waals surface area contributed by atoms with Crippen molar-refractivity contribution in [3.05, 3.63) is 23.7 Å². The van der Waals surface area contributed by atoms with E-state index < -0.39 is 17.3 Å². The highest BCUT2D eigenvalue weighted by Gasteiger charge is 2.21. The fraction of sp³-hybridized carbons (Fsp3) is 0.556. The smallest absolute Gasteiger partial charge is 0.345 e. The van der Waals surface area contributed by atoms with Crippen molar-refractivity contribution in [3.63, 3.8) is 0 Å². The molecular formula is C18H32N4O5. The van der Waals surface area contributed by atoms with Crippen LogP contribution in [0.5, 0.6) is 0 Å². The topological polar surface area (TPSA) is 158 Å². The summed E-state index contributed by atoms with van der Waals surface area (Å²) in [6.07, 6.45) is 3.89. The van der Waals surface area contributed by atoms with Gasteiger partial charge in [-0.1, -0.05) is 19.9 Å². The van der Waals surface area contributed by atoms with Gasteiger partial charge in [0.1, 0.15) is 5.57 Å². The van der Waals surface area contributed by atoms with Crippen LogP contribution in [0.2, 0.25) is 0 Å². The molecule has 27 heavy (non-hydrogen) atoms. The van der Waals surface area contributed by atoms with Crippen LogP contribution >= 0.6 is 0 Å². The molecule has 0 aromatic carbocycles. The maximum Gasteiger partial charge on any atom is 0.345 e. The van der Waals surface area contributed by atoms with E-state index in [4.69, 9.17) is 20.6 Å². The van der Waals surface area contributed by atoms with E-state index in [-0.39, 0.29) is 29.9 Å². The highest BCUT2D eigenvalue weighted by molar-refractivity contribution is 6.08. The molecule has 0 heterocycles. The van der Waals surface area contributed by atoms with Gasteiger partial charge in [0.05, 0.1) is 18.6 Å². The molecule has 0 aromatic heterocycles. The van der Waals surface area contributed by atoms with Gasteiger partial charge < -0.3 is 31.7 Å². The Morgan fingerprint density at radius 3 is 2.07 bits per heavy atom. The molecule has 0 aliphatic heterocycles. The minimum absolute atomic E-state index is 0.0333. The molecule has 0 fully saturated rings. The van der Waals surface area contributed by atoms with E-state index in [0.29, 0.717) is 6.61 Å². The molecule has 0 saturated heterocycles. The molecule has 0 spiro atoms. The lowest BCUT2D eigenvalue weighted by Gasteiger charge is -2.17. The summed E-state index contributed by atoms with van der Waals surface area (Å²) in [6, 6.07) is 0. The van der Waals surface area contributed by atoms with Gasteiger partial charge in [-0.15, -0.1) is 0 Å². The van der Waals surface area contributed by atoms with Gasteiger partial charge in [-0.3, -0.25) is 9.59 Å². The summed E-state index contributed by atoms with van der Waals surface area (Å²) in [4.78, 5) is 32.4. The summed E-state index contributed by atoms with van der Waals surface area (Å²) in [7, 11) is 0. The molecule has 9 heteroatoms. The first kappa shape index (κ1) is 26.4. The highest BCUT2D eigenvalue weighted by atomic mass is 16.5. The van der Waals surface area contributed by atoms with Gasteiger partial charge in [-0.05, 0) is 26.7 Å². The molecule has 0 radical (unpaired) electrons. The van der Waals surface area contributed by atoms with Crippen LogP contribution in [-0.2, 0) is 23.9 Å². The monoisotopic (exact) mass is 384 g/mol. The van der Waals surface area contributed by atoms with Crippen LogP contribution in [0.1, 0.15) is 41.5 Å². The number of amides is 2. The zero-order valence-electron chi connectivity index (χ0n) is 16.9. The number of esters is 1. The Morgan fingerprint density at radius 2 is 1.70 bits per heavy atom. The van der Waals surface area contributed by atoms with Crippen LogP contribution in [0.3, 0.4) is 0 Å². The maximum absolute atomic E-state index is 11.9. The van der Waals surface area contributed by atoms with E-state index in [2.05, 4.69) is 11.1 Å². The van der Waals surface area contributed by atoms with Crippen molar-refractivity contribution in [2.24, 2.45) is 22.8 Å². The molecule has 0 atom stereocenters. The Bertz CT molecular complexity index is 576. The van der Waals surface area contributed by atoms with Gasteiger partial charge in [0, 0.05) is 19.3 Å². The first-order chi connectivity index (χ1) is 12.4. The summed E-state index contributed by atoms with van der Waals surface area (Å²) >= 11 is 0. The van der Waals surface area contributed by atoms with Gasteiger partial charge >= 0.3 is 5.97 Å². The van der Waals surface area contributed by atoms with Crippen LogP contribution in [0, 0.1) is 16.7 Å². The van der Waals surface area contributed by atoms with Crippen molar-refractivity contribution in [1.82, 2.24) is 5.32 Å². The predicted octanol–water partition coefficient (Wildman–Crippen LogP) is 1.19. The summed E-state index contributed by atoms with van der Waals surface area (Å²) in [5.74, 6) is -1.14. The highest BCUT2D eigenvalue weighted by Crippen LogP contribution is 2.15. The van der Waals surface area contributed by atoms with Crippen LogP contribution in [0.15, 0.2) is 23.7 Å². The van der Waals surface area contributed by atoms with E-state index >= 15 is 0 Å². The summed E-state index contributed by atoms with van der Waals surface area (Å²) in [6.45, 7) is 10.8. The van der Waals surface area contributed by atoms with Crippen LogP contribution < -0.4 is 16.8 Å². The molecule has 154 valence electrons. The number of hydrogen-bond donors (Lipinski definition) is 4. The molecule has 2 amide bonds. The van der Waals surface area contributed by atoms with Gasteiger partial charge in [0.2, 0.25) is 17.7 Å². The number of rotatable bonds is 10. The molecule has 0 saturated carbocycles. The minimum atomic E-state index is -0.856. The summed E-state index contributed by atoms with van der Waals surface area (Å²) in [5, 5.41) is 10.2. The second-order valence-corrected chi connectivity index (χ2v) is 6.49. The average molecular weight is 384 g/mol. The van der Waals surface area contributed by atoms with Crippen LogP contribution in [0.4, 0.5) is 0 Å². The molecule has 6 N–H and O–H groups in total. The van der Waals surface area contributed by atoms with Crippen molar-refractivity contribution < 1.29 is 23.9 Å². The van der Waals surface area contributed by atoms with Gasteiger partial charge in [-0.2, -0.15) is 0 Å². The molecule has 0 aliphatic carbocycles. The first-order valence-corrected chi connectivity index (χ1v) is 8.43. The predicted molar refractivity (Wildman–Crippen MR) is 103 cm³/mol. The Morgan fingerprint density at radius 1 is 1.19 bits per heavy atom. The maximum atomic E-state index is 11.9.